The third kappa shape index (κ3) is 3.99. The van der Waals surface area contributed by atoms with Crippen molar-refractivity contribution in [3.63, 3.8) is 0 Å². The molecule has 0 aliphatic heterocycles. The van der Waals surface area contributed by atoms with Crippen LogP contribution in [0.3, 0.4) is 0 Å². The molecule has 0 aliphatic rings. The molecule has 0 radical (unpaired) electrons. The van der Waals surface area contributed by atoms with Gasteiger partial charge in [0, 0.05) is 11.6 Å². The van der Waals surface area contributed by atoms with E-state index in [1.807, 2.05) is 0 Å². The van der Waals surface area contributed by atoms with E-state index in [9.17, 15) is 20.1 Å². The summed E-state index contributed by atoms with van der Waals surface area (Å²) in [6, 6.07) is 10.5. The molecular formula is C16H16N2O4. The lowest BCUT2D eigenvalue weighted by atomic mass is 10.1. The molecule has 4 N–H and O–H groups in total. The number of nitrogens with one attached hydrogen (secondary N) is 1. The van der Waals surface area contributed by atoms with Crippen molar-refractivity contribution in [2.75, 3.05) is 0 Å². The fourth-order valence-electron chi connectivity index (χ4n) is 1.92. The van der Waals surface area contributed by atoms with E-state index in [2.05, 4.69) is 10.5 Å². The Bertz CT molecular complexity index is 726. The number of rotatable bonds is 4. The Kier molecular flexibility index (Phi) is 4.63. The van der Waals surface area contributed by atoms with E-state index in [0.29, 0.717) is 16.8 Å². The number of phenolic OH excluding ortho intramolecular Hbond substituents is 3. The molecule has 0 saturated carbocycles. The maximum atomic E-state index is 11.8. The smallest absolute Gasteiger partial charge is 0.244 e. The van der Waals surface area contributed by atoms with Crippen molar-refractivity contribution in [2.24, 2.45) is 5.10 Å². The van der Waals surface area contributed by atoms with Crippen LogP contribution in [0.4, 0.5) is 0 Å². The zero-order valence-electron chi connectivity index (χ0n) is 11.9. The van der Waals surface area contributed by atoms with Gasteiger partial charge in [-0.2, -0.15) is 5.10 Å². The predicted octanol–water partition coefficient (Wildman–Crippen LogP) is 1.89. The van der Waals surface area contributed by atoms with E-state index in [-0.39, 0.29) is 29.6 Å². The molecule has 0 heterocycles. The first kappa shape index (κ1) is 15.4. The molecule has 0 unspecified atom stereocenters. The van der Waals surface area contributed by atoms with E-state index in [1.165, 1.54) is 30.3 Å². The number of amides is 1. The van der Waals surface area contributed by atoms with Crippen LogP contribution in [0.1, 0.15) is 18.1 Å². The zero-order valence-corrected chi connectivity index (χ0v) is 11.9. The van der Waals surface area contributed by atoms with Gasteiger partial charge in [0.05, 0.1) is 12.1 Å². The highest BCUT2D eigenvalue weighted by Gasteiger charge is 2.07. The first-order valence-corrected chi connectivity index (χ1v) is 6.59. The Morgan fingerprint density at radius 2 is 1.82 bits per heavy atom. The summed E-state index contributed by atoms with van der Waals surface area (Å²) >= 11 is 0. The fraction of sp³-hybridized carbons (Fsp3) is 0.125. The highest BCUT2D eigenvalue weighted by Crippen LogP contribution is 2.22. The zero-order chi connectivity index (χ0) is 16.1. The van der Waals surface area contributed by atoms with Gasteiger partial charge in [-0.1, -0.05) is 12.1 Å². The van der Waals surface area contributed by atoms with Crippen molar-refractivity contribution in [3.05, 3.63) is 53.6 Å². The lowest BCUT2D eigenvalue weighted by Crippen LogP contribution is -2.21. The number of benzene rings is 2. The summed E-state index contributed by atoms with van der Waals surface area (Å²) in [6.45, 7) is 1.63. The molecule has 6 nitrogen and oxygen atoms in total. The van der Waals surface area contributed by atoms with Crippen LogP contribution >= 0.6 is 0 Å². The van der Waals surface area contributed by atoms with Gasteiger partial charge in [0.15, 0.2) is 0 Å². The van der Waals surface area contributed by atoms with E-state index in [4.69, 9.17) is 0 Å². The first-order valence-electron chi connectivity index (χ1n) is 6.59. The summed E-state index contributed by atoms with van der Waals surface area (Å²) in [7, 11) is 0. The van der Waals surface area contributed by atoms with Crippen LogP contribution in [-0.2, 0) is 11.2 Å². The second kappa shape index (κ2) is 6.62. The Hall–Kier alpha value is -3.02. The van der Waals surface area contributed by atoms with Crippen LogP contribution in [0.2, 0.25) is 0 Å². The Balaban J connectivity index is 2.02. The molecular weight excluding hydrogens is 284 g/mol. The molecule has 2 rings (SSSR count). The summed E-state index contributed by atoms with van der Waals surface area (Å²) in [4.78, 5) is 11.8. The number of nitrogens with zero attached hydrogens (tertiary/aromatic N) is 1. The summed E-state index contributed by atoms with van der Waals surface area (Å²) in [5.74, 6) is -0.423. The van der Waals surface area contributed by atoms with Gasteiger partial charge in [-0.3, -0.25) is 4.79 Å². The topological polar surface area (TPSA) is 102 Å². The van der Waals surface area contributed by atoms with Crippen molar-refractivity contribution in [1.82, 2.24) is 5.43 Å². The SMILES string of the molecule is C/C(=N/NC(=O)Cc1cccc(O)c1)c1ccc(O)cc1O. The maximum absolute atomic E-state index is 11.8. The third-order valence-electron chi connectivity index (χ3n) is 2.99. The van der Waals surface area contributed by atoms with Crippen LogP contribution in [0.15, 0.2) is 47.6 Å². The average molecular weight is 300 g/mol. The Morgan fingerprint density at radius 3 is 2.50 bits per heavy atom. The van der Waals surface area contributed by atoms with E-state index >= 15 is 0 Å². The minimum absolute atomic E-state index is 0.0537. The van der Waals surface area contributed by atoms with Crippen LogP contribution in [0, 0.1) is 0 Å². The van der Waals surface area contributed by atoms with Crippen LogP contribution in [0.25, 0.3) is 0 Å². The first-order chi connectivity index (χ1) is 10.5. The molecule has 0 saturated heterocycles. The highest BCUT2D eigenvalue weighted by molar-refractivity contribution is 6.01. The second-order valence-electron chi connectivity index (χ2n) is 4.78. The number of carbonyl (C=O) groups is 1. The van der Waals surface area contributed by atoms with Gasteiger partial charge in [-0.05, 0) is 36.8 Å². The summed E-state index contributed by atoms with van der Waals surface area (Å²) in [5, 5.41) is 32.2. The van der Waals surface area contributed by atoms with E-state index in [0.717, 1.165) is 0 Å². The van der Waals surface area contributed by atoms with Gasteiger partial charge < -0.3 is 15.3 Å². The summed E-state index contributed by atoms with van der Waals surface area (Å²) in [5.41, 5.74) is 3.87. The summed E-state index contributed by atoms with van der Waals surface area (Å²) in [6.07, 6.45) is 0.0761. The standard InChI is InChI=1S/C16H16N2O4/c1-10(14-6-5-13(20)9-15(14)21)17-18-16(22)8-11-3-2-4-12(19)7-11/h2-7,9,19-21H,8H2,1H3,(H,18,22)/b17-10-. The van der Waals surface area contributed by atoms with Gasteiger partial charge in [-0.15, -0.1) is 0 Å². The van der Waals surface area contributed by atoms with Crippen molar-refractivity contribution in [3.8, 4) is 17.2 Å². The molecule has 22 heavy (non-hydrogen) atoms. The Morgan fingerprint density at radius 1 is 1.09 bits per heavy atom. The fourth-order valence-corrected chi connectivity index (χ4v) is 1.92. The molecule has 0 fully saturated rings. The van der Waals surface area contributed by atoms with Gasteiger partial charge in [0.2, 0.25) is 5.91 Å². The monoisotopic (exact) mass is 300 g/mol. The second-order valence-corrected chi connectivity index (χ2v) is 4.78. The lowest BCUT2D eigenvalue weighted by Gasteiger charge is -2.06. The van der Waals surface area contributed by atoms with Gasteiger partial charge in [0.1, 0.15) is 17.2 Å². The molecule has 114 valence electrons. The van der Waals surface area contributed by atoms with Crippen molar-refractivity contribution in [1.29, 1.82) is 0 Å². The van der Waals surface area contributed by atoms with E-state index < -0.39 is 0 Å². The number of hydrazone groups is 1. The van der Waals surface area contributed by atoms with Crippen molar-refractivity contribution in [2.45, 2.75) is 13.3 Å². The predicted molar refractivity (Wildman–Crippen MR) is 81.9 cm³/mol. The molecule has 0 spiro atoms. The number of phenols is 3. The quantitative estimate of drug-likeness (QED) is 0.511. The molecule has 0 aromatic heterocycles. The van der Waals surface area contributed by atoms with E-state index in [1.54, 1.807) is 19.1 Å². The molecule has 2 aromatic rings. The number of aromatic hydroxyl groups is 3. The van der Waals surface area contributed by atoms with Crippen LogP contribution in [-0.4, -0.2) is 26.9 Å². The van der Waals surface area contributed by atoms with Crippen molar-refractivity contribution >= 4 is 11.6 Å². The van der Waals surface area contributed by atoms with Crippen molar-refractivity contribution < 1.29 is 20.1 Å². The maximum Gasteiger partial charge on any atom is 0.244 e. The molecule has 6 heteroatoms. The number of hydrogen-bond donors (Lipinski definition) is 4. The average Bonchev–Trinajstić information content (AvgIpc) is 2.45. The molecule has 0 aliphatic carbocycles. The van der Waals surface area contributed by atoms with Gasteiger partial charge in [0.25, 0.3) is 0 Å². The van der Waals surface area contributed by atoms with Crippen LogP contribution in [0.5, 0.6) is 17.2 Å². The normalized spacial score (nSPS) is 11.2. The Labute approximate surface area is 127 Å². The third-order valence-corrected chi connectivity index (χ3v) is 2.99. The number of hydrogen-bond acceptors (Lipinski definition) is 5. The van der Waals surface area contributed by atoms with Crippen LogP contribution < -0.4 is 5.43 Å². The summed E-state index contributed by atoms with van der Waals surface area (Å²) < 4.78 is 0. The molecule has 2 aromatic carbocycles. The molecule has 0 atom stereocenters. The highest BCUT2D eigenvalue weighted by atomic mass is 16.3. The minimum atomic E-state index is -0.344. The molecule has 1 amide bonds. The molecule has 0 bridgehead atoms. The van der Waals surface area contributed by atoms with Gasteiger partial charge in [-0.25, -0.2) is 5.43 Å². The number of carbonyl (C=O) groups excluding carboxylic acids is 1. The largest absolute Gasteiger partial charge is 0.508 e. The van der Waals surface area contributed by atoms with Gasteiger partial charge >= 0.3 is 0 Å². The lowest BCUT2D eigenvalue weighted by molar-refractivity contribution is -0.120. The minimum Gasteiger partial charge on any atom is -0.508 e.